The molecule has 0 bridgehead atoms. The summed E-state index contributed by atoms with van der Waals surface area (Å²) >= 11 is 6.15. The van der Waals surface area contributed by atoms with Gasteiger partial charge in [0.25, 0.3) is 5.88 Å². The summed E-state index contributed by atoms with van der Waals surface area (Å²) in [6, 6.07) is 35.5. The van der Waals surface area contributed by atoms with Crippen LogP contribution in [0.1, 0.15) is 16.7 Å². The van der Waals surface area contributed by atoms with E-state index in [0.717, 1.165) is 16.7 Å². The van der Waals surface area contributed by atoms with Crippen molar-refractivity contribution in [2.75, 3.05) is 13.2 Å². The average Bonchev–Trinajstić information content (AvgIpc) is 3.32. The van der Waals surface area contributed by atoms with Crippen LogP contribution >= 0.6 is 11.6 Å². The topological polar surface area (TPSA) is 67.5 Å². The molecule has 0 saturated heterocycles. The molecule has 35 heavy (non-hydrogen) atoms. The largest absolute Gasteiger partial charge is 0.473 e. The second-order valence-corrected chi connectivity index (χ2v) is 8.75. The van der Waals surface area contributed by atoms with Crippen LogP contribution in [0.15, 0.2) is 114 Å². The van der Waals surface area contributed by atoms with Gasteiger partial charge in [0.15, 0.2) is 5.58 Å². The van der Waals surface area contributed by atoms with Gasteiger partial charge in [0.05, 0.1) is 23.6 Å². The van der Waals surface area contributed by atoms with Crippen molar-refractivity contribution in [1.29, 1.82) is 0 Å². The zero-order valence-corrected chi connectivity index (χ0v) is 19.7. The van der Waals surface area contributed by atoms with Crippen molar-refractivity contribution in [1.82, 2.24) is 10.5 Å². The molecule has 0 radical (unpaired) electrons. The number of rotatable bonds is 9. The molecule has 0 amide bonds. The molecule has 0 spiro atoms. The summed E-state index contributed by atoms with van der Waals surface area (Å²) in [7, 11) is 0. The Morgan fingerprint density at radius 2 is 1.37 bits per heavy atom. The van der Waals surface area contributed by atoms with E-state index in [1.165, 1.54) is 0 Å². The van der Waals surface area contributed by atoms with Crippen LogP contribution in [0.5, 0.6) is 5.88 Å². The Bertz CT molecular complexity index is 1280. The van der Waals surface area contributed by atoms with Crippen LogP contribution in [0.25, 0.3) is 11.0 Å². The van der Waals surface area contributed by atoms with Gasteiger partial charge in [0.2, 0.25) is 0 Å². The molecule has 1 aromatic heterocycles. The minimum absolute atomic E-state index is 0.148. The highest BCUT2D eigenvalue weighted by Gasteiger charge is 2.38. The van der Waals surface area contributed by atoms with E-state index in [1.54, 1.807) is 18.2 Å². The molecule has 0 aliphatic heterocycles. The summed E-state index contributed by atoms with van der Waals surface area (Å²) < 4.78 is 11.4. The first-order valence-electron chi connectivity index (χ1n) is 11.4. The molecule has 1 unspecified atom stereocenters. The van der Waals surface area contributed by atoms with Gasteiger partial charge in [-0.3, -0.25) is 5.32 Å². The Balaban J connectivity index is 1.54. The van der Waals surface area contributed by atoms with Crippen LogP contribution in [-0.2, 0) is 5.54 Å². The standard InChI is InChI=1S/C29H25ClN2O3/c30-24-16-17-27-26(18-24)28(32-35-27)34-20-25(19-33)31-29(21-10-4-1-5-11-21,22-12-6-2-7-13-22)23-14-8-3-9-15-23/h1-18,25,31,33H,19-20H2. The first-order chi connectivity index (χ1) is 17.2. The number of benzene rings is 4. The highest BCUT2D eigenvalue weighted by Crippen LogP contribution is 2.37. The smallest absolute Gasteiger partial charge is 0.262 e. The average molecular weight is 485 g/mol. The van der Waals surface area contributed by atoms with Gasteiger partial charge >= 0.3 is 0 Å². The number of aliphatic hydroxyl groups is 1. The molecule has 0 saturated carbocycles. The van der Waals surface area contributed by atoms with Crippen molar-refractivity contribution in [3.63, 3.8) is 0 Å². The minimum Gasteiger partial charge on any atom is -0.473 e. The quantitative estimate of drug-likeness (QED) is 0.259. The third-order valence-electron chi connectivity index (χ3n) is 6.08. The lowest BCUT2D eigenvalue weighted by Gasteiger charge is -2.39. The molecule has 1 atom stereocenters. The highest BCUT2D eigenvalue weighted by molar-refractivity contribution is 6.31. The van der Waals surface area contributed by atoms with E-state index in [1.807, 2.05) is 54.6 Å². The SMILES string of the molecule is OCC(COc1noc2ccc(Cl)cc12)NC(c1ccccc1)(c1ccccc1)c1ccccc1. The monoisotopic (exact) mass is 484 g/mol. The van der Waals surface area contributed by atoms with Gasteiger partial charge in [-0.2, -0.15) is 0 Å². The lowest BCUT2D eigenvalue weighted by molar-refractivity contribution is 0.160. The third-order valence-corrected chi connectivity index (χ3v) is 6.32. The van der Waals surface area contributed by atoms with Crippen LogP contribution in [0, 0.1) is 0 Å². The first-order valence-corrected chi connectivity index (χ1v) is 11.8. The van der Waals surface area contributed by atoms with Crippen LogP contribution < -0.4 is 10.1 Å². The summed E-state index contributed by atoms with van der Waals surface area (Å²) in [5.41, 5.74) is 3.01. The number of nitrogens with one attached hydrogen (secondary N) is 1. The van der Waals surface area contributed by atoms with E-state index in [9.17, 15) is 5.11 Å². The molecule has 5 nitrogen and oxygen atoms in total. The second-order valence-electron chi connectivity index (χ2n) is 8.31. The number of ether oxygens (including phenoxy) is 1. The zero-order valence-electron chi connectivity index (χ0n) is 19.0. The summed E-state index contributed by atoms with van der Waals surface area (Å²) in [5.74, 6) is 0.340. The van der Waals surface area contributed by atoms with Crippen molar-refractivity contribution in [3.05, 3.63) is 131 Å². The van der Waals surface area contributed by atoms with Gasteiger partial charge in [-0.15, -0.1) is 0 Å². The number of fused-ring (bicyclic) bond motifs is 1. The van der Waals surface area contributed by atoms with Crippen molar-refractivity contribution >= 4 is 22.6 Å². The van der Waals surface area contributed by atoms with Crippen molar-refractivity contribution < 1.29 is 14.4 Å². The molecule has 5 aromatic rings. The summed E-state index contributed by atoms with van der Waals surface area (Å²) in [4.78, 5) is 0. The normalized spacial score (nSPS) is 12.5. The Kier molecular flexibility index (Phi) is 6.82. The van der Waals surface area contributed by atoms with Gasteiger partial charge in [-0.05, 0) is 40.0 Å². The van der Waals surface area contributed by atoms with Gasteiger partial charge < -0.3 is 14.4 Å². The van der Waals surface area contributed by atoms with Crippen LogP contribution in [0.2, 0.25) is 5.02 Å². The molecule has 176 valence electrons. The van der Waals surface area contributed by atoms with E-state index in [2.05, 4.69) is 46.9 Å². The van der Waals surface area contributed by atoms with Crippen LogP contribution in [-0.4, -0.2) is 29.5 Å². The third kappa shape index (κ3) is 4.66. The number of halogens is 1. The molecule has 5 rings (SSSR count). The van der Waals surface area contributed by atoms with Gasteiger partial charge in [-0.25, -0.2) is 0 Å². The number of hydrogen-bond acceptors (Lipinski definition) is 5. The van der Waals surface area contributed by atoms with Crippen molar-refractivity contribution in [3.8, 4) is 5.88 Å². The van der Waals surface area contributed by atoms with Gasteiger partial charge in [0, 0.05) is 5.02 Å². The molecule has 0 aliphatic carbocycles. The molecular formula is C29H25ClN2O3. The Hall–Kier alpha value is -3.64. The maximum atomic E-state index is 10.4. The second kappa shape index (κ2) is 10.3. The molecule has 0 fully saturated rings. The summed E-state index contributed by atoms with van der Waals surface area (Å²) in [6.07, 6.45) is 0. The lowest BCUT2D eigenvalue weighted by atomic mass is 9.76. The van der Waals surface area contributed by atoms with E-state index in [0.29, 0.717) is 21.9 Å². The molecule has 2 N–H and O–H groups in total. The van der Waals surface area contributed by atoms with Crippen LogP contribution in [0.4, 0.5) is 0 Å². The Labute approximate surface area is 208 Å². The first kappa shape index (κ1) is 23.1. The molecule has 0 aliphatic rings. The fourth-order valence-corrected chi connectivity index (χ4v) is 4.61. The van der Waals surface area contributed by atoms with Gasteiger partial charge in [0.1, 0.15) is 6.61 Å². The number of hydrogen-bond donors (Lipinski definition) is 2. The zero-order chi connectivity index (χ0) is 24.1. The van der Waals surface area contributed by atoms with Crippen LogP contribution in [0.3, 0.4) is 0 Å². The fraction of sp³-hybridized carbons (Fsp3) is 0.138. The van der Waals surface area contributed by atoms with E-state index >= 15 is 0 Å². The Morgan fingerprint density at radius 3 is 1.89 bits per heavy atom. The fourth-order valence-electron chi connectivity index (χ4n) is 4.43. The molecule has 6 heteroatoms. The molecular weight excluding hydrogens is 460 g/mol. The van der Waals surface area contributed by atoms with E-state index in [4.69, 9.17) is 20.9 Å². The van der Waals surface area contributed by atoms with Gasteiger partial charge in [-0.1, -0.05) is 103 Å². The number of aromatic nitrogens is 1. The maximum Gasteiger partial charge on any atom is 0.262 e. The summed E-state index contributed by atoms with van der Waals surface area (Å²) in [5, 5.41) is 19.4. The van der Waals surface area contributed by atoms with E-state index in [-0.39, 0.29) is 13.2 Å². The van der Waals surface area contributed by atoms with Crippen molar-refractivity contribution in [2.24, 2.45) is 0 Å². The van der Waals surface area contributed by atoms with E-state index < -0.39 is 11.6 Å². The predicted molar refractivity (Wildman–Crippen MR) is 138 cm³/mol. The highest BCUT2D eigenvalue weighted by atomic mass is 35.5. The summed E-state index contributed by atoms with van der Waals surface area (Å²) in [6.45, 7) is 0.0175. The number of nitrogens with zero attached hydrogens (tertiary/aromatic N) is 1. The minimum atomic E-state index is -0.726. The number of aliphatic hydroxyl groups excluding tert-OH is 1. The van der Waals surface area contributed by atoms with Crippen molar-refractivity contribution in [2.45, 2.75) is 11.6 Å². The Morgan fingerprint density at radius 1 is 0.829 bits per heavy atom. The lowest BCUT2D eigenvalue weighted by Crippen LogP contribution is -2.53. The molecule has 1 heterocycles. The maximum absolute atomic E-state index is 10.4. The molecule has 4 aromatic carbocycles. The predicted octanol–water partition coefficient (Wildman–Crippen LogP) is 5.80.